The number of nitrogens with two attached hydrogens (primary N) is 1. The van der Waals surface area contributed by atoms with Gasteiger partial charge in [-0.1, -0.05) is 12.1 Å². The molecule has 0 aliphatic heterocycles. The predicted molar refractivity (Wildman–Crippen MR) is 83.7 cm³/mol. The number of phenols is 1. The maximum absolute atomic E-state index is 12.0. The minimum Gasteiger partial charge on any atom is -0.507 e. The van der Waals surface area contributed by atoms with Crippen molar-refractivity contribution < 1.29 is 26.7 Å². The number of hydrogen-bond donors (Lipinski definition) is 4. The monoisotopic (exact) mass is 371 g/mol. The lowest BCUT2D eigenvalue weighted by atomic mass is 10.2. The van der Waals surface area contributed by atoms with Crippen molar-refractivity contribution in [3.8, 4) is 5.75 Å². The van der Waals surface area contributed by atoms with Gasteiger partial charge in [0.05, 0.1) is 15.4 Å². The first-order valence-electron chi connectivity index (χ1n) is 6.34. The molecule has 0 unspecified atom stereocenters. The number of phenolic OH excluding ortho intramolecular Hbond substituents is 1. The summed E-state index contributed by atoms with van der Waals surface area (Å²) in [7, 11) is -8.08. The van der Waals surface area contributed by atoms with Crippen molar-refractivity contribution in [2.45, 2.75) is 9.79 Å². The zero-order chi connectivity index (χ0) is 18.0. The molecular formula is C13H13N3O6S2. The number of primary sulfonamides is 1. The van der Waals surface area contributed by atoms with Crippen LogP contribution in [0.5, 0.6) is 5.75 Å². The molecule has 2 rings (SSSR count). The third-order valence-corrected chi connectivity index (χ3v) is 5.10. The predicted octanol–water partition coefficient (Wildman–Crippen LogP) is -0.337. The molecule has 0 spiro atoms. The number of para-hydroxylation sites is 1. The van der Waals surface area contributed by atoms with Crippen LogP contribution in [0.15, 0.2) is 58.3 Å². The van der Waals surface area contributed by atoms with Crippen LogP contribution in [0.25, 0.3) is 0 Å². The third kappa shape index (κ3) is 4.08. The van der Waals surface area contributed by atoms with Crippen LogP contribution in [0.1, 0.15) is 10.4 Å². The lowest BCUT2D eigenvalue weighted by Crippen LogP contribution is -2.41. The maximum Gasteiger partial charge on any atom is 0.269 e. The summed E-state index contributed by atoms with van der Waals surface area (Å²) >= 11 is 0. The smallest absolute Gasteiger partial charge is 0.269 e. The SMILES string of the molecule is NS(=O)(=O)c1ccc(S(=O)(=O)NNC(=O)c2ccccc2O)cc1. The van der Waals surface area contributed by atoms with Gasteiger partial charge in [0.1, 0.15) is 5.75 Å². The third-order valence-electron chi connectivity index (χ3n) is 2.91. The van der Waals surface area contributed by atoms with Crippen LogP contribution >= 0.6 is 0 Å². The van der Waals surface area contributed by atoms with Crippen molar-refractivity contribution in [3.63, 3.8) is 0 Å². The average molecular weight is 371 g/mol. The van der Waals surface area contributed by atoms with Crippen molar-refractivity contribution in [1.82, 2.24) is 10.3 Å². The van der Waals surface area contributed by atoms with E-state index in [9.17, 15) is 26.7 Å². The molecule has 1 amide bonds. The van der Waals surface area contributed by atoms with Gasteiger partial charge in [0.15, 0.2) is 0 Å². The van der Waals surface area contributed by atoms with Crippen molar-refractivity contribution in [2.24, 2.45) is 5.14 Å². The van der Waals surface area contributed by atoms with Crippen LogP contribution in [0.4, 0.5) is 0 Å². The van der Waals surface area contributed by atoms with E-state index < -0.39 is 26.0 Å². The van der Waals surface area contributed by atoms with E-state index >= 15 is 0 Å². The molecule has 0 heterocycles. The Hall–Kier alpha value is -2.47. The van der Waals surface area contributed by atoms with E-state index in [0.717, 1.165) is 24.3 Å². The van der Waals surface area contributed by atoms with Crippen LogP contribution in [0, 0.1) is 0 Å². The van der Waals surface area contributed by atoms with E-state index in [4.69, 9.17) is 5.14 Å². The molecule has 128 valence electrons. The van der Waals surface area contributed by atoms with Crippen molar-refractivity contribution in [3.05, 3.63) is 54.1 Å². The Morgan fingerprint density at radius 2 is 1.46 bits per heavy atom. The minimum absolute atomic E-state index is 0.121. The average Bonchev–Trinajstić information content (AvgIpc) is 2.52. The fourth-order valence-corrected chi connectivity index (χ4v) is 3.07. The molecule has 0 saturated heterocycles. The number of benzene rings is 2. The molecular weight excluding hydrogens is 358 g/mol. The van der Waals surface area contributed by atoms with E-state index in [1.165, 1.54) is 24.3 Å². The zero-order valence-electron chi connectivity index (χ0n) is 12.0. The number of nitrogens with one attached hydrogen (secondary N) is 2. The second-order valence-corrected chi connectivity index (χ2v) is 7.84. The molecule has 0 radical (unpaired) electrons. The Morgan fingerprint density at radius 3 is 2.00 bits per heavy atom. The van der Waals surface area contributed by atoms with Gasteiger partial charge >= 0.3 is 0 Å². The Bertz CT molecular complexity index is 969. The van der Waals surface area contributed by atoms with Gasteiger partial charge in [-0.05, 0) is 36.4 Å². The lowest BCUT2D eigenvalue weighted by Gasteiger charge is -2.09. The highest BCUT2D eigenvalue weighted by Crippen LogP contribution is 2.15. The summed E-state index contributed by atoms with van der Waals surface area (Å²) in [5.41, 5.74) is 1.82. The Labute approximate surface area is 138 Å². The van der Waals surface area contributed by atoms with E-state index in [-0.39, 0.29) is 21.1 Å². The summed E-state index contributed by atoms with van der Waals surface area (Å²) in [4.78, 5) is 13.1. The van der Waals surface area contributed by atoms with Crippen LogP contribution < -0.4 is 15.4 Å². The van der Waals surface area contributed by atoms with Crippen LogP contribution in [-0.4, -0.2) is 27.8 Å². The highest BCUT2D eigenvalue weighted by Gasteiger charge is 2.18. The summed E-state index contributed by atoms with van der Waals surface area (Å²) in [6, 6.07) is 9.67. The molecule has 0 aliphatic carbocycles. The van der Waals surface area contributed by atoms with Crippen molar-refractivity contribution in [2.75, 3.05) is 0 Å². The first-order valence-corrected chi connectivity index (χ1v) is 9.37. The van der Waals surface area contributed by atoms with Gasteiger partial charge in [-0.2, -0.15) is 0 Å². The molecule has 0 saturated carbocycles. The van der Waals surface area contributed by atoms with E-state index in [1.807, 2.05) is 10.3 Å². The van der Waals surface area contributed by atoms with Gasteiger partial charge in [-0.3, -0.25) is 10.2 Å². The number of amides is 1. The fraction of sp³-hybridized carbons (Fsp3) is 0. The summed E-state index contributed by atoms with van der Waals surface area (Å²) < 4.78 is 46.3. The Kier molecular flexibility index (Phi) is 4.89. The van der Waals surface area contributed by atoms with Gasteiger partial charge < -0.3 is 5.11 Å². The standard InChI is InChI=1S/C13H13N3O6S2/c14-23(19,20)9-5-7-10(8-6-9)24(21,22)16-15-13(18)11-3-1-2-4-12(11)17/h1-8,16-17H,(H,15,18)(H2,14,19,20). The number of rotatable bonds is 5. The number of sulfonamides is 2. The summed E-state index contributed by atoms with van der Waals surface area (Å²) in [5, 5.41) is 14.4. The molecule has 5 N–H and O–H groups in total. The molecule has 11 heteroatoms. The summed E-state index contributed by atoms with van der Waals surface area (Å²) in [5.74, 6) is -1.18. The highest BCUT2D eigenvalue weighted by atomic mass is 32.2. The Balaban J connectivity index is 2.14. The summed E-state index contributed by atoms with van der Waals surface area (Å²) in [6.45, 7) is 0. The molecule has 0 bridgehead atoms. The second-order valence-electron chi connectivity index (χ2n) is 4.59. The largest absolute Gasteiger partial charge is 0.507 e. The number of aromatic hydroxyl groups is 1. The van der Waals surface area contributed by atoms with E-state index in [1.54, 1.807) is 0 Å². The molecule has 0 fully saturated rings. The molecule has 0 aromatic heterocycles. The first-order chi connectivity index (χ1) is 11.1. The highest BCUT2D eigenvalue weighted by molar-refractivity contribution is 7.89. The quantitative estimate of drug-likeness (QED) is 0.527. The van der Waals surface area contributed by atoms with E-state index in [0.29, 0.717) is 0 Å². The van der Waals surface area contributed by atoms with Crippen molar-refractivity contribution in [1.29, 1.82) is 0 Å². The van der Waals surface area contributed by atoms with Gasteiger partial charge in [0.25, 0.3) is 15.9 Å². The lowest BCUT2D eigenvalue weighted by molar-refractivity contribution is 0.0942. The molecule has 2 aromatic carbocycles. The minimum atomic E-state index is -4.14. The van der Waals surface area contributed by atoms with Gasteiger partial charge in [0, 0.05) is 0 Å². The molecule has 24 heavy (non-hydrogen) atoms. The second kappa shape index (κ2) is 6.57. The first kappa shape index (κ1) is 17.9. The molecule has 0 aliphatic rings. The summed E-state index contributed by atoms with van der Waals surface area (Å²) in [6.07, 6.45) is 0. The van der Waals surface area contributed by atoms with Gasteiger partial charge in [-0.25, -0.2) is 22.0 Å². The zero-order valence-corrected chi connectivity index (χ0v) is 13.6. The normalized spacial score (nSPS) is 11.9. The van der Waals surface area contributed by atoms with E-state index in [2.05, 4.69) is 0 Å². The number of carbonyl (C=O) groups is 1. The van der Waals surface area contributed by atoms with Crippen LogP contribution in [0.2, 0.25) is 0 Å². The fourth-order valence-electron chi connectivity index (χ4n) is 1.71. The maximum atomic E-state index is 12.0. The molecule has 9 nitrogen and oxygen atoms in total. The topological polar surface area (TPSA) is 156 Å². The van der Waals surface area contributed by atoms with Crippen LogP contribution in [-0.2, 0) is 20.0 Å². The van der Waals surface area contributed by atoms with Gasteiger partial charge in [-0.15, -0.1) is 4.83 Å². The number of hydrogen-bond acceptors (Lipinski definition) is 6. The molecule has 0 atom stereocenters. The Morgan fingerprint density at radius 1 is 0.917 bits per heavy atom. The van der Waals surface area contributed by atoms with Crippen LogP contribution in [0.3, 0.4) is 0 Å². The van der Waals surface area contributed by atoms with Gasteiger partial charge in [0.2, 0.25) is 10.0 Å². The molecule has 2 aromatic rings. The van der Waals surface area contributed by atoms with Crippen molar-refractivity contribution >= 4 is 26.0 Å². The number of carbonyl (C=O) groups excluding carboxylic acids is 1. The number of hydrazine groups is 1.